The molecule has 1 heterocycles. The van der Waals surface area contributed by atoms with E-state index in [1.165, 1.54) is 6.07 Å². The predicted molar refractivity (Wildman–Crippen MR) is 46.6 cm³/mol. The number of aromatic hydroxyl groups is 1. The van der Waals surface area contributed by atoms with Crippen molar-refractivity contribution < 1.29 is 14.6 Å². The summed E-state index contributed by atoms with van der Waals surface area (Å²) >= 11 is 0. The first-order valence-corrected chi connectivity index (χ1v) is 3.97. The molecule has 1 unspecified atom stereocenters. The molecule has 1 aromatic rings. The predicted octanol–water partition coefficient (Wildman–Crippen LogP) is 2.02. The van der Waals surface area contributed by atoms with E-state index in [1.54, 1.807) is 19.1 Å². The molecule has 1 atom stereocenters. The Kier molecular flexibility index (Phi) is 1.62. The van der Waals surface area contributed by atoms with Crippen LogP contribution in [-0.4, -0.2) is 11.2 Å². The molecule has 1 amide bonds. The van der Waals surface area contributed by atoms with E-state index in [0.29, 0.717) is 5.69 Å². The summed E-state index contributed by atoms with van der Waals surface area (Å²) < 4.78 is 4.91. The Bertz CT molecular complexity index is 362. The molecule has 0 saturated heterocycles. The second kappa shape index (κ2) is 2.65. The Morgan fingerprint density at radius 3 is 3.08 bits per heavy atom. The van der Waals surface area contributed by atoms with Gasteiger partial charge in [-0.1, -0.05) is 0 Å². The van der Waals surface area contributed by atoms with Crippen molar-refractivity contribution in [2.75, 3.05) is 5.32 Å². The number of phenolic OH excluding ortho intramolecular Hbond substituents is 1. The number of amides is 1. The summed E-state index contributed by atoms with van der Waals surface area (Å²) in [5, 5.41) is 11.7. The Balaban J connectivity index is 2.49. The Morgan fingerprint density at radius 1 is 1.54 bits per heavy atom. The summed E-state index contributed by atoms with van der Waals surface area (Å²) in [7, 11) is 0. The maximum absolute atomic E-state index is 10.9. The molecule has 4 nitrogen and oxygen atoms in total. The molecule has 0 aliphatic carbocycles. The van der Waals surface area contributed by atoms with Crippen LogP contribution in [0.1, 0.15) is 18.6 Å². The maximum atomic E-state index is 10.9. The number of anilines is 1. The van der Waals surface area contributed by atoms with E-state index in [0.717, 1.165) is 5.56 Å². The summed E-state index contributed by atoms with van der Waals surface area (Å²) in [6.07, 6.45) is -0.762. The average molecular weight is 179 g/mol. The molecule has 13 heavy (non-hydrogen) atoms. The lowest BCUT2D eigenvalue weighted by Crippen LogP contribution is -2.22. The van der Waals surface area contributed by atoms with Crippen molar-refractivity contribution in [1.82, 2.24) is 0 Å². The molecular weight excluding hydrogens is 170 g/mol. The van der Waals surface area contributed by atoms with Crippen molar-refractivity contribution in [1.29, 1.82) is 0 Å². The number of carbonyl (C=O) groups excluding carboxylic acids is 1. The summed E-state index contributed by atoms with van der Waals surface area (Å²) in [5.74, 6) is 0.172. The molecule has 1 aliphatic rings. The highest BCUT2D eigenvalue weighted by Crippen LogP contribution is 2.32. The molecule has 0 fully saturated rings. The number of carbonyl (C=O) groups is 1. The number of nitrogens with one attached hydrogen (secondary N) is 1. The van der Waals surface area contributed by atoms with Gasteiger partial charge in [-0.25, -0.2) is 4.79 Å². The molecule has 0 radical (unpaired) electrons. The van der Waals surface area contributed by atoms with E-state index in [2.05, 4.69) is 5.32 Å². The fraction of sp³-hybridized carbons (Fsp3) is 0.222. The highest BCUT2D eigenvalue weighted by molar-refractivity contribution is 5.88. The van der Waals surface area contributed by atoms with Gasteiger partial charge in [0.15, 0.2) is 0 Å². The average Bonchev–Trinajstić information content (AvgIpc) is 2.06. The highest BCUT2D eigenvalue weighted by atomic mass is 16.6. The van der Waals surface area contributed by atoms with Crippen molar-refractivity contribution >= 4 is 11.8 Å². The first-order chi connectivity index (χ1) is 6.16. The minimum absolute atomic E-state index is 0.172. The summed E-state index contributed by atoms with van der Waals surface area (Å²) in [5.41, 5.74) is 1.49. The van der Waals surface area contributed by atoms with E-state index in [4.69, 9.17) is 4.74 Å². The number of benzene rings is 1. The number of ether oxygens (including phenoxy) is 1. The molecule has 68 valence electrons. The largest absolute Gasteiger partial charge is 0.508 e. The third-order valence-electron chi connectivity index (χ3n) is 1.99. The van der Waals surface area contributed by atoms with Crippen LogP contribution >= 0.6 is 0 Å². The fourth-order valence-electron chi connectivity index (χ4n) is 1.36. The fourth-order valence-corrected chi connectivity index (χ4v) is 1.36. The van der Waals surface area contributed by atoms with E-state index < -0.39 is 6.09 Å². The van der Waals surface area contributed by atoms with Crippen molar-refractivity contribution in [2.45, 2.75) is 13.0 Å². The lowest BCUT2D eigenvalue weighted by Gasteiger charge is -2.23. The van der Waals surface area contributed by atoms with Crippen LogP contribution in [0.2, 0.25) is 0 Å². The number of hydrogen-bond acceptors (Lipinski definition) is 3. The number of rotatable bonds is 0. The van der Waals surface area contributed by atoms with Gasteiger partial charge in [-0.2, -0.15) is 0 Å². The maximum Gasteiger partial charge on any atom is 0.412 e. The molecule has 0 saturated carbocycles. The number of phenols is 1. The van der Waals surface area contributed by atoms with Crippen LogP contribution in [0.3, 0.4) is 0 Å². The molecule has 0 aromatic heterocycles. The number of cyclic esters (lactones) is 1. The number of fused-ring (bicyclic) bond motifs is 1. The van der Waals surface area contributed by atoms with Gasteiger partial charge >= 0.3 is 6.09 Å². The molecule has 1 aromatic carbocycles. The van der Waals surface area contributed by atoms with Gasteiger partial charge in [-0.05, 0) is 25.1 Å². The van der Waals surface area contributed by atoms with Crippen molar-refractivity contribution in [3.63, 3.8) is 0 Å². The SMILES string of the molecule is CC1OC(=O)Nc2ccc(O)cc21. The van der Waals surface area contributed by atoms with Crippen LogP contribution in [0.25, 0.3) is 0 Å². The van der Waals surface area contributed by atoms with Crippen molar-refractivity contribution in [3.8, 4) is 5.75 Å². The standard InChI is InChI=1S/C9H9NO3/c1-5-7-4-6(11)2-3-8(7)10-9(12)13-5/h2-5,11H,1H3,(H,10,12). The summed E-state index contributed by atoms with van der Waals surface area (Å²) in [4.78, 5) is 10.9. The molecule has 0 spiro atoms. The van der Waals surface area contributed by atoms with E-state index >= 15 is 0 Å². The normalized spacial score (nSPS) is 20.1. The lowest BCUT2D eigenvalue weighted by molar-refractivity contribution is 0.116. The zero-order chi connectivity index (χ0) is 9.42. The van der Waals surface area contributed by atoms with E-state index in [9.17, 15) is 9.90 Å². The van der Waals surface area contributed by atoms with Gasteiger partial charge in [0, 0.05) is 5.56 Å². The van der Waals surface area contributed by atoms with Gasteiger partial charge < -0.3 is 9.84 Å². The van der Waals surface area contributed by atoms with Gasteiger partial charge in [0.2, 0.25) is 0 Å². The lowest BCUT2D eigenvalue weighted by atomic mass is 10.1. The number of hydrogen-bond donors (Lipinski definition) is 2. The zero-order valence-corrected chi connectivity index (χ0v) is 7.07. The van der Waals surface area contributed by atoms with Crippen LogP contribution < -0.4 is 5.32 Å². The van der Waals surface area contributed by atoms with Gasteiger partial charge in [-0.3, -0.25) is 5.32 Å². The van der Waals surface area contributed by atoms with Crippen molar-refractivity contribution in [2.24, 2.45) is 0 Å². The molecule has 4 heteroatoms. The molecule has 1 aliphatic heterocycles. The summed E-state index contributed by atoms with van der Waals surface area (Å²) in [6.45, 7) is 1.76. The van der Waals surface area contributed by atoms with Crippen LogP contribution in [0.4, 0.5) is 10.5 Å². The van der Waals surface area contributed by atoms with Crippen LogP contribution in [0.5, 0.6) is 5.75 Å². The van der Waals surface area contributed by atoms with Crippen LogP contribution in [0.15, 0.2) is 18.2 Å². The molecule has 2 rings (SSSR count). The first kappa shape index (κ1) is 7.91. The quantitative estimate of drug-likeness (QED) is 0.599. The van der Waals surface area contributed by atoms with Gasteiger partial charge in [0.1, 0.15) is 11.9 Å². The van der Waals surface area contributed by atoms with Crippen LogP contribution in [-0.2, 0) is 4.74 Å². The second-order valence-electron chi connectivity index (χ2n) is 2.94. The van der Waals surface area contributed by atoms with E-state index in [-0.39, 0.29) is 11.9 Å². The van der Waals surface area contributed by atoms with Gasteiger partial charge in [0.05, 0.1) is 5.69 Å². The van der Waals surface area contributed by atoms with Crippen molar-refractivity contribution in [3.05, 3.63) is 23.8 Å². The Labute approximate surface area is 75.1 Å². The zero-order valence-electron chi connectivity index (χ0n) is 7.07. The Morgan fingerprint density at radius 2 is 2.31 bits per heavy atom. The van der Waals surface area contributed by atoms with Crippen LogP contribution in [0, 0.1) is 0 Å². The smallest absolute Gasteiger partial charge is 0.412 e. The Hall–Kier alpha value is -1.71. The van der Waals surface area contributed by atoms with Gasteiger partial charge in [0.25, 0.3) is 0 Å². The first-order valence-electron chi connectivity index (χ1n) is 3.97. The topological polar surface area (TPSA) is 58.6 Å². The monoisotopic (exact) mass is 179 g/mol. The highest BCUT2D eigenvalue weighted by Gasteiger charge is 2.22. The minimum atomic E-state index is -0.453. The summed E-state index contributed by atoms with van der Waals surface area (Å²) in [6, 6.07) is 4.76. The molecule has 0 bridgehead atoms. The third kappa shape index (κ3) is 1.30. The minimum Gasteiger partial charge on any atom is -0.508 e. The third-order valence-corrected chi connectivity index (χ3v) is 1.99. The van der Waals surface area contributed by atoms with Gasteiger partial charge in [-0.15, -0.1) is 0 Å². The molecular formula is C9H9NO3. The van der Waals surface area contributed by atoms with E-state index in [1.807, 2.05) is 0 Å². The second-order valence-corrected chi connectivity index (χ2v) is 2.94. The molecule has 2 N–H and O–H groups in total.